The molecule has 0 aliphatic carbocycles. The molecule has 0 fully saturated rings. The van der Waals surface area contributed by atoms with E-state index in [0.717, 1.165) is 5.56 Å². The van der Waals surface area contributed by atoms with E-state index in [2.05, 4.69) is 15.3 Å². The van der Waals surface area contributed by atoms with E-state index in [9.17, 15) is 4.79 Å². The summed E-state index contributed by atoms with van der Waals surface area (Å²) in [6, 6.07) is 6.81. The van der Waals surface area contributed by atoms with E-state index in [-0.39, 0.29) is 6.04 Å². The van der Waals surface area contributed by atoms with Gasteiger partial charge in [0.1, 0.15) is 5.60 Å². The largest absolute Gasteiger partial charge is 0.444 e. The maximum atomic E-state index is 11.6. The zero-order valence-electron chi connectivity index (χ0n) is 11.5. The third-order valence-corrected chi connectivity index (χ3v) is 2.26. The van der Waals surface area contributed by atoms with Gasteiger partial charge in [-0.15, -0.1) is 0 Å². The Kier molecular flexibility index (Phi) is 4.78. The van der Waals surface area contributed by atoms with E-state index in [1.54, 1.807) is 39.0 Å². The summed E-state index contributed by atoms with van der Waals surface area (Å²) in [7, 11) is 0. The van der Waals surface area contributed by atoms with Crippen LogP contribution in [-0.2, 0) is 4.74 Å². The molecule has 6 nitrogen and oxygen atoms in total. The molecular weight excluding hydrogens is 244 g/mol. The van der Waals surface area contributed by atoms with Gasteiger partial charge >= 0.3 is 6.09 Å². The molecule has 1 aromatic rings. The summed E-state index contributed by atoms with van der Waals surface area (Å²) in [6.07, 6.45) is -0.478. The molecule has 0 saturated heterocycles. The average Bonchev–Trinajstić information content (AvgIpc) is 2.27. The molecule has 1 rings (SSSR count). The Morgan fingerprint density at radius 1 is 1.47 bits per heavy atom. The van der Waals surface area contributed by atoms with Crippen molar-refractivity contribution < 1.29 is 9.53 Å². The van der Waals surface area contributed by atoms with Crippen molar-refractivity contribution in [3.8, 4) is 0 Å². The fourth-order valence-corrected chi connectivity index (χ4v) is 1.48. The molecule has 0 bridgehead atoms. The Morgan fingerprint density at radius 3 is 2.74 bits per heavy atom. The molecule has 1 amide bonds. The van der Waals surface area contributed by atoms with Crippen molar-refractivity contribution in [2.75, 3.05) is 0 Å². The smallest absolute Gasteiger partial charge is 0.408 e. The van der Waals surface area contributed by atoms with Gasteiger partial charge < -0.3 is 10.1 Å². The fourth-order valence-electron chi connectivity index (χ4n) is 1.48. The van der Waals surface area contributed by atoms with E-state index in [4.69, 9.17) is 10.3 Å². The number of nitrogens with zero attached hydrogens (tertiary/aromatic N) is 3. The number of ether oxygens (including phenoxy) is 1. The van der Waals surface area contributed by atoms with E-state index < -0.39 is 11.7 Å². The number of amides is 1. The van der Waals surface area contributed by atoms with Crippen LogP contribution in [0.5, 0.6) is 0 Å². The SMILES string of the molecule is CC(NC(=O)OC(C)(C)C)c1cccc(N=[N+]=[N-])c1. The highest BCUT2D eigenvalue weighted by Crippen LogP contribution is 2.20. The van der Waals surface area contributed by atoms with Gasteiger partial charge in [0.2, 0.25) is 0 Å². The van der Waals surface area contributed by atoms with Gasteiger partial charge in [-0.2, -0.15) is 0 Å². The predicted octanol–water partition coefficient (Wildman–Crippen LogP) is 4.21. The number of benzene rings is 1. The Morgan fingerprint density at radius 2 is 2.16 bits per heavy atom. The third-order valence-electron chi connectivity index (χ3n) is 2.26. The molecular formula is C13H18N4O2. The lowest BCUT2D eigenvalue weighted by Gasteiger charge is -2.22. The number of carbonyl (C=O) groups excluding carboxylic acids is 1. The van der Waals surface area contributed by atoms with Crippen LogP contribution in [0.2, 0.25) is 0 Å². The Hall–Kier alpha value is -2.20. The number of azide groups is 1. The van der Waals surface area contributed by atoms with Gasteiger partial charge in [0.25, 0.3) is 0 Å². The van der Waals surface area contributed by atoms with E-state index in [1.165, 1.54) is 0 Å². The molecule has 0 aliphatic rings. The van der Waals surface area contributed by atoms with Crippen LogP contribution in [-0.4, -0.2) is 11.7 Å². The summed E-state index contributed by atoms with van der Waals surface area (Å²) in [5.41, 5.74) is 9.21. The van der Waals surface area contributed by atoms with Gasteiger partial charge in [0, 0.05) is 10.6 Å². The molecule has 0 radical (unpaired) electrons. The van der Waals surface area contributed by atoms with Gasteiger partial charge in [0.15, 0.2) is 0 Å². The summed E-state index contributed by atoms with van der Waals surface area (Å²) in [6.45, 7) is 7.25. The van der Waals surface area contributed by atoms with Crippen LogP contribution in [0, 0.1) is 0 Å². The third kappa shape index (κ3) is 5.31. The molecule has 1 atom stereocenters. The first-order valence-electron chi connectivity index (χ1n) is 5.96. The van der Waals surface area contributed by atoms with Gasteiger partial charge in [-0.1, -0.05) is 23.3 Å². The van der Waals surface area contributed by atoms with Crippen LogP contribution in [0.25, 0.3) is 10.4 Å². The highest BCUT2D eigenvalue weighted by molar-refractivity contribution is 5.68. The van der Waals surface area contributed by atoms with Crippen molar-refractivity contribution in [1.29, 1.82) is 0 Å². The quantitative estimate of drug-likeness (QED) is 0.502. The molecule has 1 unspecified atom stereocenters. The lowest BCUT2D eigenvalue weighted by molar-refractivity contribution is 0.0508. The average molecular weight is 262 g/mol. The Balaban J connectivity index is 2.72. The van der Waals surface area contributed by atoms with Crippen LogP contribution in [0.4, 0.5) is 10.5 Å². The molecule has 0 saturated carbocycles. The van der Waals surface area contributed by atoms with Crippen molar-refractivity contribution in [1.82, 2.24) is 5.32 Å². The molecule has 1 aromatic carbocycles. The van der Waals surface area contributed by atoms with Crippen LogP contribution >= 0.6 is 0 Å². The standard InChI is InChI=1S/C13H18N4O2/c1-9(15-12(18)19-13(2,3)4)10-6-5-7-11(8-10)16-17-14/h5-9H,1-4H3,(H,15,18). The number of hydrogen-bond donors (Lipinski definition) is 1. The van der Waals surface area contributed by atoms with Crippen molar-refractivity contribution in [3.05, 3.63) is 40.3 Å². The normalized spacial score (nSPS) is 12.2. The lowest BCUT2D eigenvalue weighted by atomic mass is 10.1. The van der Waals surface area contributed by atoms with Crippen LogP contribution in [0.15, 0.2) is 29.4 Å². The first-order valence-corrected chi connectivity index (χ1v) is 5.96. The summed E-state index contributed by atoms with van der Waals surface area (Å²) in [4.78, 5) is 14.4. The second-order valence-corrected chi connectivity index (χ2v) is 5.15. The van der Waals surface area contributed by atoms with Crippen LogP contribution < -0.4 is 5.32 Å². The minimum Gasteiger partial charge on any atom is -0.444 e. The van der Waals surface area contributed by atoms with Crippen molar-refractivity contribution in [2.24, 2.45) is 5.11 Å². The number of alkyl carbamates (subject to hydrolysis) is 1. The van der Waals surface area contributed by atoms with Crippen LogP contribution in [0.3, 0.4) is 0 Å². The minimum absolute atomic E-state index is 0.233. The maximum absolute atomic E-state index is 11.6. The molecule has 0 aromatic heterocycles. The number of nitrogens with one attached hydrogen (secondary N) is 1. The molecule has 1 N–H and O–H groups in total. The zero-order valence-corrected chi connectivity index (χ0v) is 11.5. The summed E-state index contributed by atoms with van der Waals surface area (Å²) < 4.78 is 5.18. The summed E-state index contributed by atoms with van der Waals surface area (Å²) in [5.74, 6) is 0. The monoisotopic (exact) mass is 262 g/mol. The molecule has 0 aliphatic heterocycles. The summed E-state index contributed by atoms with van der Waals surface area (Å²) >= 11 is 0. The molecule has 102 valence electrons. The van der Waals surface area contributed by atoms with Crippen molar-refractivity contribution in [3.63, 3.8) is 0 Å². The fraction of sp³-hybridized carbons (Fsp3) is 0.462. The number of carbonyl (C=O) groups is 1. The highest BCUT2D eigenvalue weighted by atomic mass is 16.6. The molecule has 6 heteroatoms. The zero-order chi connectivity index (χ0) is 14.5. The van der Waals surface area contributed by atoms with Crippen molar-refractivity contribution >= 4 is 11.8 Å². The summed E-state index contributed by atoms with van der Waals surface area (Å²) in [5, 5.41) is 6.25. The van der Waals surface area contributed by atoms with Crippen LogP contribution in [0.1, 0.15) is 39.3 Å². The number of hydrogen-bond acceptors (Lipinski definition) is 3. The van der Waals surface area contributed by atoms with Crippen molar-refractivity contribution in [2.45, 2.75) is 39.3 Å². The van der Waals surface area contributed by atoms with E-state index in [1.807, 2.05) is 13.0 Å². The second kappa shape index (κ2) is 6.11. The van der Waals surface area contributed by atoms with E-state index in [0.29, 0.717) is 5.69 Å². The molecule has 0 spiro atoms. The topological polar surface area (TPSA) is 87.1 Å². The Bertz CT molecular complexity index is 502. The molecule has 19 heavy (non-hydrogen) atoms. The predicted molar refractivity (Wildman–Crippen MR) is 73.0 cm³/mol. The lowest BCUT2D eigenvalue weighted by Crippen LogP contribution is -2.34. The first kappa shape index (κ1) is 14.9. The van der Waals surface area contributed by atoms with E-state index >= 15 is 0 Å². The van der Waals surface area contributed by atoms with Gasteiger partial charge in [0.05, 0.1) is 6.04 Å². The maximum Gasteiger partial charge on any atom is 0.408 e. The van der Waals surface area contributed by atoms with Gasteiger partial charge in [-0.3, -0.25) is 0 Å². The van der Waals surface area contributed by atoms with Gasteiger partial charge in [-0.25, -0.2) is 4.79 Å². The number of rotatable bonds is 3. The Labute approximate surface area is 112 Å². The molecule has 0 heterocycles. The minimum atomic E-state index is -0.531. The highest BCUT2D eigenvalue weighted by Gasteiger charge is 2.18. The van der Waals surface area contributed by atoms with Gasteiger partial charge in [-0.05, 0) is 44.9 Å². The first-order chi connectivity index (χ1) is 8.81. The second-order valence-electron chi connectivity index (χ2n) is 5.15.